The van der Waals surface area contributed by atoms with Crippen LogP contribution in [0.25, 0.3) is 0 Å². The fraction of sp³-hybridized carbons (Fsp3) is 0.769. The van der Waals surface area contributed by atoms with E-state index >= 15 is 0 Å². The zero-order valence-electron chi connectivity index (χ0n) is 11.6. The fourth-order valence-corrected chi connectivity index (χ4v) is 2.99. The molecule has 2 aliphatic rings. The average molecular weight is 283 g/mol. The molecule has 2 unspecified atom stereocenters. The first-order chi connectivity index (χ1) is 9.48. The van der Waals surface area contributed by atoms with E-state index in [1.165, 1.54) is 0 Å². The number of rotatable bonds is 4. The number of carboxylic acid groups (broad SMARTS) is 1. The molecule has 0 bridgehead atoms. The van der Waals surface area contributed by atoms with Gasteiger partial charge in [-0.1, -0.05) is 13.3 Å². The lowest BCUT2D eigenvalue weighted by Gasteiger charge is -2.29. The van der Waals surface area contributed by atoms with E-state index in [1.807, 2.05) is 6.92 Å². The Bertz CT molecular complexity index is 416. The van der Waals surface area contributed by atoms with E-state index < -0.39 is 17.4 Å². The topological polar surface area (TPSA) is 98.7 Å². The molecule has 3 N–H and O–H groups in total. The summed E-state index contributed by atoms with van der Waals surface area (Å²) in [5, 5.41) is 15.0. The average Bonchev–Trinajstić information content (AvgIpc) is 2.85. The summed E-state index contributed by atoms with van der Waals surface area (Å²) in [5.41, 5.74) is -0.803. The molecule has 2 heterocycles. The van der Waals surface area contributed by atoms with Crippen LogP contribution in [0, 0.1) is 5.41 Å². The zero-order valence-corrected chi connectivity index (χ0v) is 11.6. The first kappa shape index (κ1) is 14.8. The molecule has 2 aliphatic heterocycles. The Kier molecular flexibility index (Phi) is 4.27. The summed E-state index contributed by atoms with van der Waals surface area (Å²) in [7, 11) is 0. The quantitative estimate of drug-likeness (QED) is 0.626. The zero-order chi connectivity index (χ0) is 14.8. The van der Waals surface area contributed by atoms with Gasteiger partial charge in [-0.3, -0.25) is 19.7 Å². The molecular formula is C13H21N3O4. The SMILES string of the molecule is CCCC1(C(=O)O)CCN(C(=O)C2CNC(=O)CN2)C1. The summed E-state index contributed by atoms with van der Waals surface area (Å²) >= 11 is 0. The van der Waals surface area contributed by atoms with Gasteiger partial charge in [0.15, 0.2) is 0 Å². The van der Waals surface area contributed by atoms with Gasteiger partial charge >= 0.3 is 5.97 Å². The molecule has 0 aliphatic carbocycles. The first-order valence-corrected chi connectivity index (χ1v) is 7.01. The van der Waals surface area contributed by atoms with Crippen LogP contribution in [0.3, 0.4) is 0 Å². The maximum absolute atomic E-state index is 12.3. The molecule has 0 aromatic carbocycles. The number of carbonyl (C=O) groups is 3. The van der Waals surface area contributed by atoms with Crippen LogP contribution >= 0.6 is 0 Å². The van der Waals surface area contributed by atoms with Crippen molar-refractivity contribution in [1.29, 1.82) is 0 Å². The van der Waals surface area contributed by atoms with Gasteiger partial charge in [0, 0.05) is 19.6 Å². The van der Waals surface area contributed by atoms with Gasteiger partial charge in [0.1, 0.15) is 6.04 Å². The van der Waals surface area contributed by atoms with Gasteiger partial charge in [0.05, 0.1) is 12.0 Å². The van der Waals surface area contributed by atoms with Gasteiger partial charge < -0.3 is 15.3 Å². The molecule has 20 heavy (non-hydrogen) atoms. The molecular weight excluding hydrogens is 262 g/mol. The smallest absolute Gasteiger partial charge is 0.311 e. The molecule has 0 spiro atoms. The number of nitrogens with zero attached hydrogens (tertiary/aromatic N) is 1. The van der Waals surface area contributed by atoms with Crippen LogP contribution in [-0.2, 0) is 14.4 Å². The lowest BCUT2D eigenvalue weighted by molar-refractivity contribution is -0.149. The van der Waals surface area contributed by atoms with Crippen LogP contribution in [0.15, 0.2) is 0 Å². The predicted molar refractivity (Wildman–Crippen MR) is 71.0 cm³/mol. The van der Waals surface area contributed by atoms with E-state index in [2.05, 4.69) is 10.6 Å². The molecule has 2 amide bonds. The largest absolute Gasteiger partial charge is 0.481 e. The summed E-state index contributed by atoms with van der Waals surface area (Å²) in [6, 6.07) is -0.445. The minimum absolute atomic E-state index is 0.121. The molecule has 0 aromatic rings. The van der Waals surface area contributed by atoms with E-state index in [-0.39, 0.29) is 31.4 Å². The second kappa shape index (κ2) is 5.78. The maximum Gasteiger partial charge on any atom is 0.311 e. The summed E-state index contributed by atoms with van der Waals surface area (Å²) < 4.78 is 0. The standard InChI is InChI=1S/C13H21N3O4/c1-2-3-13(12(19)20)4-5-16(8-13)11(18)9-6-15-10(17)7-14-9/h9,14H,2-8H2,1H3,(H,15,17)(H,19,20). The third kappa shape index (κ3) is 2.77. The van der Waals surface area contributed by atoms with Crippen molar-refractivity contribution in [2.45, 2.75) is 32.2 Å². The van der Waals surface area contributed by atoms with Crippen molar-refractivity contribution in [2.75, 3.05) is 26.2 Å². The number of hydrogen-bond acceptors (Lipinski definition) is 4. The van der Waals surface area contributed by atoms with Crippen LogP contribution in [-0.4, -0.2) is 60.0 Å². The summed E-state index contributed by atoms with van der Waals surface area (Å²) in [5.74, 6) is -1.06. The molecule has 0 aromatic heterocycles. The number of carboxylic acids is 1. The Morgan fingerprint density at radius 3 is 2.80 bits per heavy atom. The minimum Gasteiger partial charge on any atom is -0.481 e. The monoisotopic (exact) mass is 283 g/mol. The minimum atomic E-state index is -0.820. The van der Waals surface area contributed by atoms with Crippen LogP contribution in [0.4, 0.5) is 0 Å². The van der Waals surface area contributed by atoms with Crippen molar-refractivity contribution < 1.29 is 19.5 Å². The number of likely N-dealkylation sites (tertiary alicyclic amines) is 1. The van der Waals surface area contributed by atoms with E-state index in [9.17, 15) is 19.5 Å². The highest BCUT2D eigenvalue weighted by atomic mass is 16.4. The number of amides is 2. The van der Waals surface area contributed by atoms with Crippen LogP contribution in [0.5, 0.6) is 0 Å². The molecule has 7 nitrogen and oxygen atoms in total. The molecule has 2 atom stereocenters. The maximum atomic E-state index is 12.3. The molecule has 2 saturated heterocycles. The predicted octanol–water partition coefficient (Wildman–Crippen LogP) is -0.822. The van der Waals surface area contributed by atoms with Gasteiger partial charge in [-0.2, -0.15) is 0 Å². The van der Waals surface area contributed by atoms with Gasteiger partial charge in [-0.05, 0) is 12.8 Å². The van der Waals surface area contributed by atoms with Crippen LogP contribution < -0.4 is 10.6 Å². The first-order valence-electron chi connectivity index (χ1n) is 7.01. The molecule has 0 saturated carbocycles. The Labute approximate surface area is 117 Å². The highest BCUT2D eigenvalue weighted by Crippen LogP contribution is 2.35. The van der Waals surface area contributed by atoms with Crippen LogP contribution in [0.2, 0.25) is 0 Å². The number of carbonyl (C=O) groups excluding carboxylic acids is 2. The summed E-state index contributed by atoms with van der Waals surface area (Å²) in [4.78, 5) is 36.5. The highest BCUT2D eigenvalue weighted by Gasteiger charge is 2.46. The van der Waals surface area contributed by atoms with Crippen molar-refractivity contribution in [3.63, 3.8) is 0 Å². The lowest BCUT2D eigenvalue weighted by Crippen LogP contribution is -2.58. The van der Waals surface area contributed by atoms with Crippen molar-refractivity contribution in [1.82, 2.24) is 15.5 Å². The summed E-state index contributed by atoms with van der Waals surface area (Å²) in [6.45, 7) is 3.08. The van der Waals surface area contributed by atoms with Crippen molar-refractivity contribution in [3.8, 4) is 0 Å². The third-order valence-electron chi connectivity index (χ3n) is 4.16. The van der Waals surface area contributed by atoms with Gasteiger partial charge in [-0.15, -0.1) is 0 Å². The van der Waals surface area contributed by atoms with E-state index in [0.29, 0.717) is 19.4 Å². The molecule has 2 rings (SSSR count). The Hall–Kier alpha value is -1.63. The van der Waals surface area contributed by atoms with E-state index in [1.54, 1.807) is 4.90 Å². The molecule has 0 radical (unpaired) electrons. The van der Waals surface area contributed by atoms with Crippen molar-refractivity contribution >= 4 is 17.8 Å². The second-order valence-corrected chi connectivity index (χ2v) is 5.58. The van der Waals surface area contributed by atoms with Crippen LogP contribution in [0.1, 0.15) is 26.2 Å². The molecule has 112 valence electrons. The second-order valence-electron chi connectivity index (χ2n) is 5.58. The Morgan fingerprint density at radius 2 is 2.25 bits per heavy atom. The Balaban J connectivity index is 1.99. The Morgan fingerprint density at radius 1 is 1.50 bits per heavy atom. The van der Waals surface area contributed by atoms with Gasteiger partial charge in [0.2, 0.25) is 11.8 Å². The molecule has 2 fully saturated rings. The lowest BCUT2D eigenvalue weighted by atomic mass is 9.83. The normalized spacial score (nSPS) is 30.1. The number of piperazine rings is 1. The van der Waals surface area contributed by atoms with Gasteiger partial charge in [0.25, 0.3) is 0 Å². The number of hydrogen-bond donors (Lipinski definition) is 3. The highest BCUT2D eigenvalue weighted by molar-refractivity contribution is 5.88. The van der Waals surface area contributed by atoms with E-state index in [4.69, 9.17) is 0 Å². The van der Waals surface area contributed by atoms with E-state index in [0.717, 1.165) is 6.42 Å². The molecule has 7 heteroatoms. The van der Waals surface area contributed by atoms with Crippen molar-refractivity contribution in [2.24, 2.45) is 5.41 Å². The third-order valence-corrected chi connectivity index (χ3v) is 4.16. The fourth-order valence-electron chi connectivity index (χ4n) is 2.99. The summed E-state index contributed by atoms with van der Waals surface area (Å²) in [6.07, 6.45) is 1.87. The van der Waals surface area contributed by atoms with Crippen molar-refractivity contribution in [3.05, 3.63) is 0 Å². The van der Waals surface area contributed by atoms with Gasteiger partial charge in [-0.25, -0.2) is 0 Å². The number of aliphatic carboxylic acids is 1. The number of nitrogens with one attached hydrogen (secondary N) is 2.